The van der Waals surface area contributed by atoms with Crippen LogP contribution in [0.2, 0.25) is 0 Å². The molecule has 0 aromatic heterocycles. The van der Waals surface area contributed by atoms with E-state index in [0.29, 0.717) is 17.9 Å². The predicted molar refractivity (Wildman–Crippen MR) is 134 cm³/mol. The lowest BCUT2D eigenvalue weighted by molar-refractivity contribution is -0.140. The van der Waals surface area contributed by atoms with E-state index in [4.69, 9.17) is 4.74 Å². The Morgan fingerprint density at radius 2 is 1.79 bits per heavy atom. The third-order valence-corrected chi connectivity index (χ3v) is 7.03. The Balaban J connectivity index is 2.17. The number of rotatable bonds is 11. The summed E-state index contributed by atoms with van der Waals surface area (Å²) in [5, 5.41) is 2.59. The van der Waals surface area contributed by atoms with Crippen LogP contribution in [0.3, 0.4) is 0 Å². The molecule has 0 heterocycles. The average molecular weight is 490 g/mol. The van der Waals surface area contributed by atoms with Crippen LogP contribution in [0.25, 0.3) is 0 Å². The number of hydrogen-bond donors (Lipinski definition) is 1. The normalized spacial score (nSPS) is 12.1. The first-order chi connectivity index (χ1) is 16.0. The number of nitrogens with one attached hydrogen (secondary N) is 1. The number of hydrogen-bond acceptors (Lipinski definition) is 5. The minimum atomic E-state index is -3.53. The Kier molecular flexibility index (Phi) is 9.49. The summed E-state index contributed by atoms with van der Waals surface area (Å²) in [6.45, 7) is 5.97. The standard InChI is InChI=1S/C25H35N3O5S/c1-18-12-13-22(15-19(18)2)28(34(6,31)32)14-8-11-24(29)27(20(3)25(30)26-4)17-21-9-7-10-23(16-21)33-5/h7,9-10,12-13,15-16,20H,8,11,14,17H2,1-6H3,(H,26,30). The molecular weight excluding hydrogens is 454 g/mol. The van der Waals surface area contributed by atoms with Gasteiger partial charge in [-0.15, -0.1) is 0 Å². The molecular formula is C25H35N3O5S. The van der Waals surface area contributed by atoms with Gasteiger partial charge in [0.05, 0.1) is 19.1 Å². The van der Waals surface area contributed by atoms with Crippen LogP contribution in [-0.2, 0) is 26.2 Å². The summed E-state index contributed by atoms with van der Waals surface area (Å²) >= 11 is 0. The molecule has 8 nitrogen and oxygen atoms in total. The van der Waals surface area contributed by atoms with Crippen molar-refractivity contribution in [2.75, 3.05) is 31.3 Å². The molecule has 2 amide bonds. The summed E-state index contributed by atoms with van der Waals surface area (Å²) < 4.78 is 31.5. The minimum Gasteiger partial charge on any atom is -0.497 e. The summed E-state index contributed by atoms with van der Waals surface area (Å²) in [7, 11) is -0.429. The van der Waals surface area contributed by atoms with E-state index in [2.05, 4.69) is 5.32 Å². The summed E-state index contributed by atoms with van der Waals surface area (Å²) in [6, 6.07) is 12.1. The van der Waals surface area contributed by atoms with Crippen molar-refractivity contribution in [1.29, 1.82) is 0 Å². The monoisotopic (exact) mass is 489 g/mol. The summed E-state index contributed by atoms with van der Waals surface area (Å²) in [6.07, 6.45) is 1.57. The predicted octanol–water partition coefficient (Wildman–Crippen LogP) is 3.02. The number of nitrogens with zero attached hydrogens (tertiary/aromatic N) is 2. The van der Waals surface area contributed by atoms with Crippen LogP contribution < -0.4 is 14.4 Å². The Bertz CT molecular complexity index is 1120. The van der Waals surface area contributed by atoms with Gasteiger partial charge in [0.1, 0.15) is 11.8 Å². The fourth-order valence-corrected chi connectivity index (χ4v) is 4.60. The van der Waals surface area contributed by atoms with Crippen LogP contribution >= 0.6 is 0 Å². The van der Waals surface area contributed by atoms with E-state index in [1.54, 1.807) is 20.1 Å². The van der Waals surface area contributed by atoms with Crippen molar-refractivity contribution in [2.45, 2.75) is 46.2 Å². The molecule has 1 unspecified atom stereocenters. The Hall–Kier alpha value is -3.07. The summed E-state index contributed by atoms with van der Waals surface area (Å²) in [5.41, 5.74) is 3.47. The van der Waals surface area contributed by atoms with Crippen LogP contribution in [0.15, 0.2) is 42.5 Å². The second kappa shape index (κ2) is 11.9. The van der Waals surface area contributed by atoms with E-state index in [-0.39, 0.29) is 31.3 Å². The third-order valence-electron chi connectivity index (χ3n) is 5.83. The Labute approximate surface area is 202 Å². The number of anilines is 1. The average Bonchev–Trinajstić information content (AvgIpc) is 2.80. The maximum atomic E-state index is 13.2. The van der Waals surface area contributed by atoms with Gasteiger partial charge in [-0.05, 0) is 68.1 Å². The van der Waals surface area contributed by atoms with Crippen LogP contribution in [0.4, 0.5) is 5.69 Å². The lowest BCUT2D eigenvalue weighted by atomic mass is 10.1. The van der Waals surface area contributed by atoms with Crippen molar-refractivity contribution >= 4 is 27.5 Å². The first-order valence-electron chi connectivity index (χ1n) is 11.2. The summed E-state index contributed by atoms with van der Waals surface area (Å²) in [4.78, 5) is 27.0. The molecule has 186 valence electrons. The fraction of sp³-hybridized carbons (Fsp3) is 0.440. The first-order valence-corrected chi connectivity index (χ1v) is 13.0. The largest absolute Gasteiger partial charge is 0.497 e. The molecule has 0 aliphatic heterocycles. The third kappa shape index (κ3) is 7.21. The maximum Gasteiger partial charge on any atom is 0.242 e. The molecule has 1 N–H and O–H groups in total. The van der Waals surface area contributed by atoms with Gasteiger partial charge < -0.3 is 15.0 Å². The van der Waals surface area contributed by atoms with E-state index in [1.165, 1.54) is 16.3 Å². The topological polar surface area (TPSA) is 96.0 Å². The number of amides is 2. The lowest BCUT2D eigenvalue weighted by Gasteiger charge is -2.29. The molecule has 1 atom stereocenters. The van der Waals surface area contributed by atoms with Gasteiger partial charge in [-0.3, -0.25) is 13.9 Å². The highest BCUT2D eigenvalue weighted by molar-refractivity contribution is 7.92. The van der Waals surface area contributed by atoms with Crippen molar-refractivity contribution in [3.8, 4) is 5.75 Å². The van der Waals surface area contributed by atoms with Crippen LogP contribution in [0.5, 0.6) is 5.75 Å². The quantitative estimate of drug-likeness (QED) is 0.523. The van der Waals surface area contributed by atoms with E-state index in [9.17, 15) is 18.0 Å². The molecule has 0 fully saturated rings. The number of carbonyl (C=O) groups excluding carboxylic acids is 2. The van der Waals surface area contributed by atoms with Crippen molar-refractivity contribution in [3.05, 3.63) is 59.2 Å². The fourth-order valence-electron chi connectivity index (χ4n) is 3.64. The summed E-state index contributed by atoms with van der Waals surface area (Å²) in [5.74, 6) is 0.159. The van der Waals surface area contributed by atoms with Crippen molar-refractivity contribution in [1.82, 2.24) is 10.2 Å². The molecule has 2 aromatic rings. The van der Waals surface area contributed by atoms with Gasteiger partial charge in [-0.2, -0.15) is 0 Å². The molecule has 0 aliphatic carbocycles. The van der Waals surface area contributed by atoms with Crippen molar-refractivity contribution in [2.24, 2.45) is 0 Å². The number of methoxy groups -OCH3 is 1. The zero-order valence-electron chi connectivity index (χ0n) is 20.8. The van der Waals surface area contributed by atoms with Crippen LogP contribution in [0, 0.1) is 13.8 Å². The van der Waals surface area contributed by atoms with Gasteiger partial charge in [0, 0.05) is 26.6 Å². The molecule has 2 rings (SSSR count). The van der Waals surface area contributed by atoms with Gasteiger partial charge in [-0.1, -0.05) is 18.2 Å². The molecule has 0 saturated heterocycles. The number of sulfonamides is 1. The molecule has 2 aromatic carbocycles. The zero-order valence-corrected chi connectivity index (χ0v) is 21.6. The number of benzene rings is 2. The number of ether oxygens (including phenoxy) is 1. The molecule has 0 bridgehead atoms. The van der Waals surface area contributed by atoms with Crippen molar-refractivity contribution < 1.29 is 22.7 Å². The van der Waals surface area contributed by atoms with Gasteiger partial charge in [0.25, 0.3) is 0 Å². The van der Waals surface area contributed by atoms with E-state index >= 15 is 0 Å². The SMILES string of the molecule is CNC(=O)C(C)N(Cc1cccc(OC)c1)C(=O)CCCN(c1ccc(C)c(C)c1)S(C)(=O)=O. The lowest BCUT2D eigenvalue weighted by Crippen LogP contribution is -2.46. The second-order valence-corrected chi connectivity index (χ2v) is 10.3. The van der Waals surface area contributed by atoms with Gasteiger partial charge in [-0.25, -0.2) is 8.42 Å². The number of likely N-dealkylation sites (N-methyl/N-ethyl adjacent to an activating group) is 1. The Morgan fingerprint density at radius 1 is 1.09 bits per heavy atom. The highest BCUT2D eigenvalue weighted by atomic mass is 32.2. The molecule has 0 saturated carbocycles. The van der Waals surface area contributed by atoms with Gasteiger partial charge >= 0.3 is 0 Å². The second-order valence-electron chi connectivity index (χ2n) is 8.37. The molecule has 0 radical (unpaired) electrons. The van der Waals surface area contributed by atoms with Crippen molar-refractivity contribution in [3.63, 3.8) is 0 Å². The smallest absolute Gasteiger partial charge is 0.242 e. The van der Waals surface area contributed by atoms with E-state index in [0.717, 1.165) is 22.9 Å². The highest BCUT2D eigenvalue weighted by Gasteiger charge is 2.26. The van der Waals surface area contributed by atoms with Crippen LogP contribution in [-0.4, -0.2) is 58.1 Å². The Morgan fingerprint density at radius 3 is 2.38 bits per heavy atom. The first kappa shape index (κ1) is 27.2. The molecule has 34 heavy (non-hydrogen) atoms. The number of carbonyl (C=O) groups is 2. The number of aryl methyl sites for hydroxylation is 2. The van der Waals surface area contributed by atoms with E-state index < -0.39 is 16.1 Å². The van der Waals surface area contributed by atoms with Gasteiger partial charge in [0.2, 0.25) is 21.8 Å². The highest BCUT2D eigenvalue weighted by Crippen LogP contribution is 2.22. The van der Waals surface area contributed by atoms with E-state index in [1.807, 2.05) is 50.2 Å². The van der Waals surface area contributed by atoms with Crippen LogP contribution in [0.1, 0.15) is 36.5 Å². The molecule has 0 spiro atoms. The maximum absolute atomic E-state index is 13.2. The zero-order chi connectivity index (χ0) is 25.5. The minimum absolute atomic E-state index is 0.0994. The van der Waals surface area contributed by atoms with Gasteiger partial charge in [0.15, 0.2) is 0 Å². The molecule has 9 heteroatoms. The molecule has 0 aliphatic rings.